The van der Waals surface area contributed by atoms with Gasteiger partial charge in [0.2, 0.25) is 0 Å². The Labute approximate surface area is 176 Å². The van der Waals surface area contributed by atoms with Gasteiger partial charge in [-0.3, -0.25) is 14.9 Å². The smallest absolute Gasteiger partial charge is 0.193 e. The molecule has 3 rings (SSSR count). The number of H-pyrrole nitrogens is 1. The fourth-order valence-electron chi connectivity index (χ4n) is 3.84. The Morgan fingerprint density at radius 2 is 1.86 bits per heavy atom. The minimum atomic E-state index is -0.0433. The zero-order chi connectivity index (χ0) is 21.0. The Bertz CT molecular complexity index is 985. The third kappa shape index (κ3) is 4.74. The molecular weight excluding hydrogens is 380 g/mol. The monoisotopic (exact) mass is 408 g/mol. The molecular formula is C24H28N2O2S. The van der Waals surface area contributed by atoms with Crippen LogP contribution >= 0.6 is 11.3 Å². The Morgan fingerprint density at radius 3 is 2.41 bits per heavy atom. The van der Waals surface area contributed by atoms with E-state index in [0.29, 0.717) is 11.3 Å². The lowest BCUT2D eigenvalue weighted by Crippen LogP contribution is -2.28. The highest BCUT2D eigenvalue weighted by Gasteiger charge is 2.22. The molecule has 0 aliphatic carbocycles. The van der Waals surface area contributed by atoms with E-state index in [1.54, 1.807) is 11.3 Å². The van der Waals surface area contributed by atoms with Gasteiger partial charge >= 0.3 is 0 Å². The van der Waals surface area contributed by atoms with Crippen LogP contribution in [0.5, 0.6) is 0 Å². The summed E-state index contributed by atoms with van der Waals surface area (Å²) in [6.45, 7) is 7.57. The van der Waals surface area contributed by atoms with Gasteiger partial charge in [-0.15, -0.1) is 11.3 Å². The van der Waals surface area contributed by atoms with Gasteiger partial charge in [0.15, 0.2) is 11.6 Å². The molecule has 0 aliphatic rings. The van der Waals surface area contributed by atoms with E-state index in [1.807, 2.05) is 19.9 Å². The molecule has 0 aliphatic heterocycles. The Hall–Kier alpha value is -2.50. The van der Waals surface area contributed by atoms with E-state index in [-0.39, 0.29) is 24.2 Å². The first-order valence-corrected chi connectivity index (χ1v) is 10.9. The number of carbonyl (C=O) groups excluding carboxylic acids is 2. The summed E-state index contributed by atoms with van der Waals surface area (Å²) in [7, 11) is 0. The van der Waals surface area contributed by atoms with E-state index in [4.69, 9.17) is 0 Å². The molecule has 1 atom stereocenters. The van der Waals surface area contributed by atoms with Crippen molar-refractivity contribution < 1.29 is 9.59 Å². The SMILES string of the molecule is CCCc1ccc([C@@H](NCC(=O)c2[nH]c(C)c(C(C)=O)c2C)c2cccs2)cc1. The zero-order valence-electron chi connectivity index (χ0n) is 17.5. The lowest BCUT2D eigenvalue weighted by molar-refractivity contribution is 0.0983. The highest BCUT2D eigenvalue weighted by Crippen LogP contribution is 2.27. The molecule has 0 saturated heterocycles. The Kier molecular flexibility index (Phi) is 6.83. The minimum absolute atomic E-state index is 0.0214. The average molecular weight is 409 g/mol. The maximum absolute atomic E-state index is 12.9. The van der Waals surface area contributed by atoms with Crippen molar-refractivity contribution in [3.05, 3.63) is 80.3 Å². The van der Waals surface area contributed by atoms with Gasteiger partial charge in [0.25, 0.3) is 0 Å². The van der Waals surface area contributed by atoms with Gasteiger partial charge in [0.1, 0.15) is 0 Å². The van der Waals surface area contributed by atoms with E-state index >= 15 is 0 Å². The van der Waals surface area contributed by atoms with E-state index < -0.39 is 0 Å². The summed E-state index contributed by atoms with van der Waals surface area (Å²) in [5, 5.41) is 5.48. The van der Waals surface area contributed by atoms with E-state index in [1.165, 1.54) is 17.4 Å². The zero-order valence-corrected chi connectivity index (χ0v) is 18.3. The number of rotatable bonds is 9. The lowest BCUT2D eigenvalue weighted by atomic mass is 10.0. The molecule has 1 aromatic carbocycles. The van der Waals surface area contributed by atoms with Gasteiger partial charge in [-0.25, -0.2) is 0 Å². The lowest BCUT2D eigenvalue weighted by Gasteiger charge is -2.18. The number of aryl methyl sites for hydroxylation is 2. The second kappa shape index (κ2) is 9.33. The van der Waals surface area contributed by atoms with E-state index in [9.17, 15) is 9.59 Å². The average Bonchev–Trinajstić information content (AvgIpc) is 3.31. The number of hydrogen-bond acceptors (Lipinski definition) is 4. The van der Waals surface area contributed by atoms with Crippen LogP contribution in [0.3, 0.4) is 0 Å². The number of Topliss-reactive ketones (excluding diaryl/α,β-unsaturated/α-hetero) is 2. The van der Waals surface area contributed by atoms with E-state index in [2.05, 4.69) is 52.9 Å². The molecule has 0 bridgehead atoms. The van der Waals surface area contributed by atoms with Gasteiger partial charge in [-0.2, -0.15) is 0 Å². The first kappa shape index (κ1) is 21.2. The second-order valence-corrected chi connectivity index (χ2v) is 8.40. The molecule has 2 aromatic heterocycles. The minimum Gasteiger partial charge on any atom is -0.355 e. The van der Waals surface area contributed by atoms with Crippen molar-refractivity contribution in [2.24, 2.45) is 0 Å². The van der Waals surface area contributed by atoms with Crippen LogP contribution in [-0.2, 0) is 6.42 Å². The number of aromatic amines is 1. The Morgan fingerprint density at radius 1 is 1.14 bits per heavy atom. The number of aromatic nitrogens is 1. The summed E-state index contributed by atoms with van der Waals surface area (Å²) in [5.74, 6) is -0.0610. The van der Waals surface area contributed by atoms with Gasteiger partial charge in [0, 0.05) is 16.1 Å². The summed E-state index contributed by atoms with van der Waals surface area (Å²) in [4.78, 5) is 29.0. The second-order valence-electron chi connectivity index (χ2n) is 7.43. The van der Waals surface area contributed by atoms with Crippen molar-refractivity contribution in [1.29, 1.82) is 0 Å². The summed E-state index contributed by atoms with van der Waals surface area (Å²) in [5.41, 5.74) is 5.09. The highest BCUT2D eigenvalue weighted by molar-refractivity contribution is 7.10. The number of nitrogens with one attached hydrogen (secondary N) is 2. The molecule has 5 heteroatoms. The quantitative estimate of drug-likeness (QED) is 0.465. The molecule has 0 spiro atoms. The fraction of sp³-hybridized carbons (Fsp3) is 0.333. The first-order chi connectivity index (χ1) is 13.9. The topological polar surface area (TPSA) is 62.0 Å². The van der Waals surface area contributed by atoms with Crippen molar-refractivity contribution in [3.63, 3.8) is 0 Å². The van der Waals surface area contributed by atoms with Crippen LogP contribution in [0.4, 0.5) is 0 Å². The molecule has 4 nitrogen and oxygen atoms in total. The molecule has 152 valence electrons. The first-order valence-electron chi connectivity index (χ1n) is 10.0. The van der Waals surface area contributed by atoms with Crippen molar-refractivity contribution in [1.82, 2.24) is 10.3 Å². The number of thiophene rings is 1. The summed E-state index contributed by atoms with van der Waals surface area (Å²) < 4.78 is 0. The predicted molar refractivity (Wildman–Crippen MR) is 119 cm³/mol. The normalized spacial score (nSPS) is 12.1. The fourth-order valence-corrected chi connectivity index (χ4v) is 4.67. The van der Waals surface area contributed by atoms with Crippen LogP contribution in [-0.4, -0.2) is 23.1 Å². The Balaban J connectivity index is 1.80. The molecule has 0 radical (unpaired) electrons. The molecule has 3 aromatic rings. The van der Waals surface area contributed by atoms with Gasteiger partial charge in [-0.1, -0.05) is 43.7 Å². The summed E-state index contributed by atoms with van der Waals surface area (Å²) in [6.07, 6.45) is 2.19. The number of carbonyl (C=O) groups is 2. The molecule has 0 unspecified atom stereocenters. The third-order valence-electron chi connectivity index (χ3n) is 5.21. The van der Waals surface area contributed by atoms with Crippen LogP contribution in [0.15, 0.2) is 41.8 Å². The van der Waals surface area contributed by atoms with Crippen LogP contribution in [0.2, 0.25) is 0 Å². The van der Waals surface area contributed by atoms with Crippen LogP contribution < -0.4 is 5.32 Å². The molecule has 29 heavy (non-hydrogen) atoms. The molecule has 2 heterocycles. The standard InChI is InChI=1S/C24H28N2O2S/c1-5-7-18-9-11-19(12-10-18)24(21-8-6-13-29-21)25-14-20(28)23-15(2)22(17(4)27)16(3)26-23/h6,8-13,24-26H,5,7,14H2,1-4H3/t24-/m1/s1. The van der Waals surface area contributed by atoms with Gasteiger partial charge in [-0.05, 0) is 55.3 Å². The third-order valence-corrected chi connectivity index (χ3v) is 6.15. The van der Waals surface area contributed by atoms with Gasteiger partial charge in [0.05, 0.1) is 18.3 Å². The number of ketones is 2. The van der Waals surface area contributed by atoms with Crippen molar-refractivity contribution in [2.45, 2.75) is 46.6 Å². The van der Waals surface area contributed by atoms with Crippen molar-refractivity contribution in [2.75, 3.05) is 6.54 Å². The molecule has 0 saturated carbocycles. The number of benzene rings is 1. The largest absolute Gasteiger partial charge is 0.355 e. The maximum atomic E-state index is 12.9. The molecule has 0 amide bonds. The summed E-state index contributed by atoms with van der Waals surface area (Å²) >= 11 is 1.68. The maximum Gasteiger partial charge on any atom is 0.193 e. The molecule has 0 fully saturated rings. The van der Waals surface area contributed by atoms with Crippen LogP contribution in [0.25, 0.3) is 0 Å². The van der Waals surface area contributed by atoms with Crippen molar-refractivity contribution in [3.8, 4) is 0 Å². The molecule has 2 N–H and O–H groups in total. The number of hydrogen-bond donors (Lipinski definition) is 2. The van der Waals surface area contributed by atoms with E-state index in [0.717, 1.165) is 29.7 Å². The van der Waals surface area contributed by atoms with Crippen LogP contribution in [0, 0.1) is 13.8 Å². The van der Waals surface area contributed by atoms with Gasteiger partial charge < -0.3 is 4.98 Å². The summed E-state index contributed by atoms with van der Waals surface area (Å²) in [6, 6.07) is 12.7. The van der Waals surface area contributed by atoms with Crippen LogP contribution in [0.1, 0.15) is 74.4 Å². The van der Waals surface area contributed by atoms with Crippen molar-refractivity contribution >= 4 is 22.9 Å². The predicted octanol–water partition coefficient (Wildman–Crippen LogP) is 5.41. The highest BCUT2D eigenvalue weighted by atomic mass is 32.1.